The Morgan fingerprint density at radius 3 is 2.96 bits per heavy atom. The van der Waals surface area contributed by atoms with Crippen LogP contribution < -0.4 is 4.72 Å². The van der Waals surface area contributed by atoms with Gasteiger partial charge in [-0.15, -0.1) is 0 Å². The van der Waals surface area contributed by atoms with Crippen LogP contribution in [0.25, 0.3) is 0 Å². The van der Waals surface area contributed by atoms with Gasteiger partial charge in [-0.2, -0.15) is 5.10 Å². The lowest BCUT2D eigenvalue weighted by atomic mass is 10.1. The average molecular weight is 338 g/mol. The minimum Gasteiger partial charge on any atom is -0.333 e. The van der Waals surface area contributed by atoms with Gasteiger partial charge in [0.25, 0.3) is 0 Å². The maximum absolute atomic E-state index is 12.7. The number of carbonyl (C=O) groups excluding carboxylic acids is 1. The van der Waals surface area contributed by atoms with E-state index in [1.54, 1.807) is 6.20 Å². The summed E-state index contributed by atoms with van der Waals surface area (Å²) in [6, 6.07) is 1.91. The normalized spacial score (nSPS) is 21.7. The van der Waals surface area contributed by atoms with Crippen LogP contribution in [0.15, 0.2) is 23.9 Å². The van der Waals surface area contributed by atoms with E-state index in [1.807, 2.05) is 21.7 Å². The molecule has 1 aliphatic carbocycles. The van der Waals surface area contributed by atoms with E-state index in [4.69, 9.17) is 0 Å². The molecule has 1 aromatic rings. The molecule has 2 aliphatic rings. The summed E-state index contributed by atoms with van der Waals surface area (Å²) in [6.07, 6.45) is 7.72. The van der Waals surface area contributed by atoms with Gasteiger partial charge in [-0.3, -0.25) is 9.48 Å². The molecular formula is C15H22N4O3S. The van der Waals surface area contributed by atoms with Crippen LogP contribution in [0.3, 0.4) is 0 Å². The second kappa shape index (κ2) is 6.45. The molecule has 0 fully saturated rings. The molecule has 0 radical (unpaired) electrons. The SMILES string of the molecule is CS(=O)(=O)NCC1CN(C(=O)C2=CCCC2)Cc2ccnn2C1. The minimum absolute atomic E-state index is 0.00294. The average Bonchev–Trinajstić information content (AvgIpc) is 3.12. The third kappa shape index (κ3) is 4.00. The van der Waals surface area contributed by atoms with E-state index >= 15 is 0 Å². The van der Waals surface area contributed by atoms with Gasteiger partial charge in [-0.25, -0.2) is 13.1 Å². The lowest BCUT2D eigenvalue weighted by molar-refractivity contribution is -0.128. The van der Waals surface area contributed by atoms with E-state index in [0.717, 1.165) is 36.8 Å². The summed E-state index contributed by atoms with van der Waals surface area (Å²) in [5, 5.41) is 4.29. The third-order valence-electron chi connectivity index (χ3n) is 4.30. The summed E-state index contributed by atoms with van der Waals surface area (Å²) in [4.78, 5) is 14.5. The molecule has 23 heavy (non-hydrogen) atoms. The Kier molecular flexibility index (Phi) is 4.54. The summed E-state index contributed by atoms with van der Waals surface area (Å²) in [6.45, 7) is 1.96. The van der Waals surface area contributed by atoms with E-state index < -0.39 is 10.0 Å². The van der Waals surface area contributed by atoms with Crippen molar-refractivity contribution in [3.8, 4) is 0 Å². The highest BCUT2D eigenvalue weighted by molar-refractivity contribution is 7.88. The molecule has 2 heterocycles. The number of hydrogen-bond donors (Lipinski definition) is 1. The Morgan fingerprint density at radius 2 is 2.26 bits per heavy atom. The van der Waals surface area contributed by atoms with Crippen LogP contribution in [-0.4, -0.2) is 48.4 Å². The van der Waals surface area contributed by atoms with Crippen molar-refractivity contribution in [2.24, 2.45) is 5.92 Å². The first-order valence-electron chi connectivity index (χ1n) is 7.86. The van der Waals surface area contributed by atoms with E-state index in [9.17, 15) is 13.2 Å². The highest BCUT2D eigenvalue weighted by Crippen LogP contribution is 2.23. The van der Waals surface area contributed by atoms with E-state index in [2.05, 4.69) is 9.82 Å². The summed E-state index contributed by atoms with van der Waals surface area (Å²) in [5.41, 5.74) is 1.87. The first kappa shape index (κ1) is 16.2. The lowest BCUT2D eigenvalue weighted by Crippen LogP contribution is -2.39. The monoisotopic (exact) mass is 338 g/mol. The largest absolute Gasteiger partial charge is 0.333 e. The molecule has 1 amide bonds. The number of fused-ring (bicyclic) bond motifs is 1. The first-order valence-corrected chi connectivity index (χ1v) is 9.75. The van der Waals surface area contributed by atoms with Gasteiger partial charge in [-0.1, -0.05) is 6.08 Å². The zero-order valence-corrected chi connectivity index (χ0v) is 14.1. The van der Waals surface area contributed by atoms with Crippen LogP contribution in [0.2, 0.25) is 0 Å². The molecule has 1 aliphatic heterocycles. The molecule has 0 bridgehead atoms. The molecule has 7 nitrogen and oxygen atoms in total. The van der Waals surface area contributed by atoms with Gasteiger partial charge in [0.1, 0.15) is 0 Å². The standard InChI is InChI=1S/C15H22N4O3S/c1-23(21,22)17-8-12-9-18(15(20)13-4-2-3-5-13)11-14-6-7-16-19(14)10-12/h4,6-7,12,17H,2-3,5,8-11H2,1H3. The molecule has 3 rings (SSSR count). The minimum atomic E-state index is -3.25. The second-order valence-electron chi connectivity index (χ2n) is 6.30. The Hall–Kier alpha value is -1.67. The van der Waals surface area contributed by atoms with Crippen molar-refractivity contribution < 1.29 is 13.2 Å². The molecular weight excluding hydrogens is 316 g/mol. The van der Waals surface area contributed by atoms with Crippen molar-refractivity contribution in [2.45, 2.75) is 32.4 Å². The maximum atomic E-state index is 12.7. The zero-order chi connectivity index (χ0) is 16.4. The van der Waals surface area contributed by atoms with Gasteiger partial charge >= 0.3 is 0 Å². The van der Waals surface area contributed by atoms with Crippen LogP contribution in [0, 0.1) is 5.92 Å². The summed E-state index contributed by atoms with van der Waals surface area (Å²) in [7, 11) is -3.25. The number of hydrogen-bond acceptors (Lipinski definition) is 4. The number of nitrogens with one attached hydrogen (secondary N) is 1. The first-order chi connectivity index (χ1) is 10.9. The number of sulfonamides is 1. The molecule has 126 valence electrons. The topological polar surface area (TPSA) is 84.3 Å². The van der Waals surface area contributed by atoms with Gasteiger partial charge in [0.2, 0.25) is 15.9 Å². The predicted octanol–water partition coefficient (Wildman–Crippen LogP) is 0.501. The van der Waals surface area contributed by atoms with Gasteiger partial charge in [0.05, 0.1) is 18.5 Å². The van der Waals surface area contributed by atoms with Crippen molar-refractivity contribution in [2.75, 3.05) is 19.3 Å². The number of amides is 1. The fourth-order valence-electron chi connectivity index (χ4n) is 3.15. The zero-order valence-electron chi connectivity index (χ0n) is 13.2. The van der Waals surface area contributed by atoms with Crippen molar-refractivity contribution in [3.05, 3.63) is 29.6 Å². The van der Waals surface area contributed by atoms with Crippen molar-refractivity contribution in [3.63, 3.8) is 0 Å². The van der Waals surface area contributed by atoms with E-state index in [-0.39, 0.29) is 11.8 Å². The van der Waals surface area contributed by atoms with Crippen LogP contribution in [0.1, 0.15) is 25.0 Å². The highest BCUT2D eigenvalue weighted by Gasteiger charge is 2.28. The molecule has 1 aromatic heterocycles. The van der Waals surface area contributed by atoms with Gasteiger partial charge in [0.15, 0.2) is 0 Å². The molecule has 0 aromatic carbocycles. The van der Waals surface area contributed by atoms with Crippen molar-refractivity contribution in [1.82, 2.24) is 19.4 Å². The number of nitrogens with zero attached hydrogens (tertiary/aromatic N) is 3. The summed E-state index contributed by atoms with van der Waals surface area (Å²) in [5.74, 6) is 0.0679. The van der Waals surface area contributed by atoms with Gasteiger partial charge < -0.3 is 4.90 Å². The fourth-order valence-corrected chi connectivity index (χ4v) is 3.69. The molecule has 0 saturated heterocycles. The Morgan fingerprint density at radius 1 is 1.43 bits per heavy atom. The van der Waals surface area contributed by atoms with Crippen LogP contribution in [-0.2, 0) is 27.9 Å². The van der Waals surface area contributed by atoms with Gasteiger partial charge in [0, 0.05) is 37.3 Å². The third-order valence-corrected chi connectivity index (χ3v) is 5.00. The molecule has 1 atom stereocenters. The molecule has 0 saturated carbocycles. The quantitative estimate of drug-likeness (QED) is 0.866. The maximum Gasteiger partial charge on any atom is 0.249 e. The highest BCUT2D eigenvalue weighted by atomic mass is 32.2. The lowest BCUT2D eigenvalue weighted by Gasteiger charge is -2.24. The van der Waals surface area contributed by atoms with Crippen molar-refractivity contribution >= 4 is 15.9 Å². The van der Waals surface area contributed by atoms with Crippen LogP contribution >= 0.6 is 0 Å². The van der Waals surface area contributed by atoms with E-state index in [1.165, 1.54) is 0 Å². The summed E-state index contributed by atoms with van der Waals surface area (Å²) < 4.78 is 27.1. The molecule has 8 heteroatoms. The predicted molar refractivity (Wildman–Crippen MR) is 85.9 cm³/mol. The fraction of sp³-hybridized carbons (Fsp3) is 0.600. The Bertz CT molecular complexity index is 723. The number of aromatic nitrogens is 2. The van der Waals surface area contributed by atoms with Gasteiger partial charge in [-0.05, 0) is 25.3 Å². The summed E-state index contributed by atoms with van der Waals surface area (Å²) >= 11 is 0. The van der Waals surface area contributed by atoms with E-state index in [0.29, 0.717) is 26.2 Å². The molecule has 1 N–H and O–H groups in total. The number of allylic oxidation sites excluding steroid dienone is 1. The Labute approximate surface area is 136 Å². The van der Waals surface area contributed by atoms with Crippen LogP contribution in [0.4, 0.5) is 0 Å². The smallest absolute Gasteiger partial charge is 0.249 e. The van der Waals surface area contributed by atoms with Crippen molar-refractivity contribution in [1.29, 1.82) is 0 Å². The molecule has 1 unspecified atom stereocenters. The number of rotatable bonds is 4. The second-order valence-corrected chi connectivity index (χ2v) is 8.13. The van der Waals surface area contributed by atoms with Crippen LogP contribution in [0.5, 0.6) is 0 Å². The molecule has 0 spiro atoms. The number of carbonyl (C=O) groups is 1. The Balaban J connectivity index is 1.78.